The SMILES string of the molecule is O=S(=O)([O-])CS(=O)(=O)[O-].[K+].[Na+]. The van der Waals surface area contributed by atoms with Crippen molar-refractivity contribution in [1.82, 2.24) is 0 Å². The fourth-order valence-electron chi connectivity index (χ4n) is 0.177. The maximum absolute atomic E-state index is 9.51. The van der Waals surface area contributed by atoms with Crippen molar-refractivity contribution in [2.24, 2.45) is 0 Å². The van der Waals surface area contributed by atoms with Crippen LogP contribution in [-0.2, 0) is 20.2 Å². The monoisotopic (exact) mass is 236 g/mol. The molecule has 0 aliphatic heterocycles. The molecule has 0 aliphatic rings. The zero-order valence-corrected chi connectivity index (χ0v) is 12.7. The van der Waals surface area contributed by atoms with Crippen LogP contribution in [0.3, 0.4) is 0 Å². The fourth-order valence-corrected chi connectivity index (χ4v) is 1.59. The molecule has 0 saturated carbocycles. The molecule has 0 aromatic carbocycles. The molecule has 0 unspecified atom stereocenters. The third-order valence-electron chi connectivity index (χ3n) is 0.289. The van der Waals surface area contributed by atoms with Crippen LogP contribution >= 0.6 is 0 Å². The Bertz CT molecular complexity index is 246. The molecule has 0 atom stereocenters. The Hall–Kier alpha value is 2.46. The first-order chi connectivity index (χ1) is 3.71. The average Bonchev–Trinajstić information content (AvgIpc) is 1.14. The van der Waals surface area contributed by atoms with E-state index in [1.54, 1.807) is 0 Å². The molecule has 0 spiro atoms. The second kappa shape index (κ2) is 6.84. The summed E-state index contributed by atoms with van der Waals surface area (Å²) < 4.78 is 57.1. The molecule has 0 radical (unpaired) electrons. The van der Waals surface area contributed by atoms with Crippen LogP contribution in [0.5, 0.6) is 0 Å². The summed E-state index contributed by atoms with van der Waals surface area (Å²) in [6.07, 6.45) is 0. The molecule has 0 heterocycles. The number of rotatable bonds is 2. The van der Waals surface area contributed by atoms with Gasteiger partial charge in [-0.3, -0.25) is 0 Å². The molecule has 0 fully saturated rings. The van der Waals surface area contributed by atoms with Gasteiger partial charge in [0, 0.05) is 0 Å². The van der Waals surface area contributed by atoms with Gasteiger partial charge in [0.15, 0.2) is 0 Å². The third kappa shape index (κ3) is 19.0. The first-order valence-corrected chi connectivity index (χ1v) is 4.73. The van der Waals surface area contributed by atoms with Gasteiger partial charge in [-0.15, -0.1) is 0 Å². The number of hydrogen-bond donors (Lipinski definition) is 0. The summed E-state index contributed by atoms with van der Waals surface area (Å²) in [5.41, 5.74) is 0. The van der Waals surface area contributed by atoms with E-state index in [4.69, 9.17) is 0 Å². The molecule has 0 aromatic rings. The Kier molecular flexibility index (Phi) is 11.9. The molecule has 0 aliphatic carbocycles. The molecule has 0 rings (SSSR count). The van der Waals surface area contributed by atoms with Crippen molar-refractivity contribution >= 4 is 20.2 Å². The summed E-state index contributed by atoms with van der Waals surface area (Å²) in [5, 5.41) is -1.88. The topological polar surface area (TPSA) is 114 Å². The number of hydrogen-bond acceptors (Lipinski definition) is 6. The average molecular weight is 236 g/mol. The van der Waals surface area contributed by atoms with Gasteiger partial charge >= 0.3 is 80.9 Å². The molecular formula is CH2KNaO6S2. The van der Waals surface area contributed by atoms with Crippen molar-refractivity contribution < 1.29 is 107 Å². The molecule has 0 saturated heterocycles. The normalized spacial score (nSPS) is 11.1. The maximum atomic E-state index is 9.51. The van der Waals surface area contributed by atoms with E-state index in [2.05, 4.69) is 0 Å². The predicted molar refractivity (Wildman–Crippen MR) is 24.3 cm³/mol. The zero-order chi connectivity index (χ0) is 7.71. The van der Waals surface area contributed by atoms with E-state index in [1.807, 2.05) is 0 Å². The van der Waals surface area contributed by atoms with Crippen LogP contribution in [-0.4, -0.2) is 31.0 Å². The smallest absolute Gasteiger partial charge is 0.747 e. The van der Waals surface area contributed by atoms with E-state index in [1.165, 1.54) is 0 Å². The van der Waals surface area contributed by atoms with Crippen LogP contribution in [0.15, 0.2) is 0 Å². The Balaban J connectivity index is -0.000000320. The van der Waals surface area contributed by atoms with Gasteiger partial charge in [-0.2, -0.15) is 0 Å². The second-order valence-electron chi connectivity index (χ2n) is 1.23. The fraction of sp³-hybridized carbons (Fsp3) is 1.00. The van der Waals surface area contributed by atoms with Crippen molar-refractivity contribution in [3.05, 3.63) is 0 Å². The van der Waals surface area contributed by atoms with Gasteiger partial charge in [-0.05, 0) is 0 Å². The summed E-state index contributed by atoms with van der Waals surface area (Å²) in [5.74, 6) is 0. The minimum absolute atomic E-state index is 0. The van der Waals surface area contributed by atoms with Crippen LogP contribution in [0.1, 0.15) is 0 Å². The van der Waals surface area contributed by atoms with Crippen LogP contribution < -0.4 is 80.9 Å². The minimum atomic E-state index is -4.93. The second-order valence-corrected chi connectivity index (χ2v) is 4.41. The van der Waals surface area contributed by atoms with Crippen molar-refractivity contribution in [2.75, 3.05) is 5.08 Å². The Morgan fingerprint density at radius 1 is 0.909 bits per heavy atom. The van der Waals surface area contributed by atoms with Gasteiger partial charge in [0.25, 0.3) is 0 Å². The van der Waals surface area contributed by atoms with Crippen molar-refractivity contribution in [3.8, 4) is 0 Å². The summed E-state index contributed by atoms with van der Waals surface area (Å²) in [6.45, 7) is 0. The van der Waals surface area contributed by atoms with E-state index in [9.17, 15) is 25.9 Å². The largest absolute Gasteiger partial charge is 1.00 e. The van der Waals surface area contributed by atoms with Crippen LogP contribution in [0.2, 0.25) is 0 Å². The van der Waals surface area contributed by atoms with Gasteiger partial charge in [0.2, 0.25) is 0 Å². The molecule has 0 amide bonds. The van der Waals surface area contributed by atoms with E-state index < -0.39 is 25.3 Å². The first-order valence-electron chi connectivity index (χ1n) is 1.58. The van der Waals surface area contributed by atoms with Crippen molar-refractivity contribution in [2.45, 2.75) is 0 Å². The molecule has 0 aromatic heterocycles. The Morgan fingerprint density at radius 2 is 1.09 bits per heavy atom. The van der Waals surface area contributed by atoms with Crippen LogP contribution in [0.25, 0.3) is 0 Å². The quantitative estimate of drug-likeness (QED) is 0.347. The summed E-state index contributed by atoms with van der Waals surface area (Å²) >= 11 is 0. The van der Waals surface area contributed by atoms with Crippen LogP contribution in [0.4, 0.5) is 0 Å². The predicted octanol–water partition coefficient (Wildman–Crippen LogP) is -7.96. The molecule has 6 nitrogen and oxygen atoms in total. The van der Waals surface area contributed by atoms with E-state index >= 15 is 0 Å². The first kappa shape index (κ1) is 19.1. The summed E-state index contributed by atoms with van der Waals surface area (Å²) in [4.78, 5) is 0. The molecule has 11 heavy (non-hydrogen) atoms. The molecular weight excluding hydrogens is 234 g/mol. The molecule has 10 heteroatoms. The Labute approximate surface area is 129 Å². The Morgan fingerprint density at radius 3 is 1.09 bits per heavy atom. The van der Waals surface area contributed by atoms with Gasteiger partial charge in [0.05, 0.1) is 0 Å². The van der Waals surface area contributed by atoms with E-state index in [-0.39, 0.29) is 80.9 Å². The summed E-state index contributed by atoms with van der Waals surface area (Å²) in [6, 6.07) is 0. The van der Waals surface area contributed by atoms with E-state index in [0.717, 1.165) is 0 Å². The zero-order valence-electron chi connectivity index (χ0n) is 5.97. The van der Waals surface area contributed by atoms with Gasteiger partial charge < -0.3 is 9.11 Å². The van der Waals surface area contributed by atoms with Gasteiger partial charge in [-0.25, -0.2) is 16.8 Å². The third-order valence-corrected chi connectivity index (χ3v) is 2.60. The maximum Gasteiger partial charge on any atom is 1.00 e. The van der Waals surface area contributed by atoms with Crippen molar-refractivity contribution in [1.29, 1.82) is 0 Å². The van der Waals surface area contributed by atoms with E-state index in [0.29, 0.717) is 0 Å². The minimum Gasteiger partial charge on any atom is -0.747 e. The van der Waals surface area contributed by atoms with Gasteiger partial charge in [0.1, 0.15) is 25.3 Å². The molecule has 0 N–H and O–H groups in total. The van der Waals surface area contributed by atoms with Gasteiger partial charge in [-0.1, -0.05) is 0 Å². The standard InChI is InChI=1S/CH4O6S2.K.Na/c2-8(3,4)1-9(5,6)7;;/h1H2,(H,2,3,4)(H,5,6,7);;/q;2*+1/p-2. The van der Waals surface area contributed by atoms with Crippen molar-refractivity contribution in [3.63, 3.8) is 0 Å². The molecule has 0 bridgehead atoms. The summed E-state index contributed by atoms with van der Waals surface area (Å²) in [7, 11) is -9.86. The molecule has 56 valence electrons. The van der Waals surface area contributed by atoms with Crippen LogP contribution in [0, 0.1) is 0 Å².